The van der Waals surface area contributed by atoms with Crippen molar-refractivity contribution in [3.05, 3.63) is 11.1 Å². The van der Waals surface area contributed by atoms with Crippen molar-refractivity contribution in [1.29, 1.82) is 0 Å². The van der Waals surface area contributed by atoms with Crippen LogP contribution in [0.4, 0.5) is 5.13 Å². The minimum Gasteiger partial charge on any atom is -0.393 e. The van der Waals surface area contributed by atoms with Crippen molar-refractivity contribution in [1.82, 2.24) is 4.98 Å². The molecule has 70 valence electrons. The number of nitrogens with one attached hydrogen (secondary N) is 1. The third-order valence-electron chi connectivity index (χ3n) is 1.20. The first-order chi connectivity index (χ1) is 6.08. The number of aryl methyl sites for hydroxylation is 1. The second-order valence-corrected chi connectivity index (χ2v) is 4.23. The van der Waals surface area contributed by atoms with Crippen LogP contribution in [0.15, 0.2) is 6.20 Å². The van der Waals surface area contributed by atoms with Crippen LogP contribution in [-0.2, 0) is 4.79 Å². The van der Waals surface area contributed by atoms with Crippen molar-refractivity contribution in [2.75, 3.05) is 5.32 Å². The van der Waals surface area contributed by atoms with Crippen LogP contribution in [0.3, 0.4) is 0 Å². The summed E-state index contributed by atoms with van der Waals surface area (Å²) in [5.41, 5.74) is 5.21. The maximum absolute atomic E-state index is 11.1. The lowest BCUT2D eigenvalue weighted by atomic mass is 10.4. The van der Waals surface area contributed by atoms with E-state index in [1.54, 1.807) is 6.20 Å². The molecule has 1 heterocycles. The Morgan fingerprint density at radius 1 is 1.85 bits per heavy atom. The Balaban J connectivity index is 2.50. The van der Waals surface area contributed by atoms with E-state index in [1.807, 2.05) is 6.92 Å². The van der Waals surface area contributed by atoms with E-state index in [1.165, 1.54) is 11.3 Å². The molecule has 0 aliphatic carbocycles. The van der Waals surface area contributed by atoms with E-state index < -0.39 is 0 Å². The molecular weight excluding hydrogens is 206 g/mol. The number of thiazole rings is 1. The lowest BCUT2D eigenvalue weighted by Crippen LogP contribution is -2.19. The smallest absolute Gasteiger partial charge is 0.232 e. The number of aromatic nitrogens is 1. The highest BCUT2D eigenvalue weighted by Crippen LogP contribution is 2.16. The zero-order valence-electron chi connectivity index (χ0n) is 7.03. The van der Waals surface area contributed by atoms with E-state index in [0.717, 1.165) is 4.88 Å². The minimum absolute atomic E-state index is 0.0635. The highest BCUT2D eigenvalue weighted by molar-refractivity contribution is 7.80. The first-order valence-corrected chi connectivity index (χ1v) is 4.81. The summed E-state index contributed by atoms with van der Waals surface area (Å²) in [7, 11) is 0. The largest absolute Gasteiger partial charge is 0.393 e. The number of carbonyl (C=O) groups is 1. The van der Waals surface area contributed by atoms with Crippen LogP contribution in [0, 0.1) is 6.92 Å². The van der Waals surface area contributed by atoms with Gasteiger partial charge in [0.2, 0.25) is 5.91 Å². The normalized spacial score (nSPS) is 9.62. The maximum Gasteiger partial charge on any atom is 0.232 e. The second kappa shape index (κ2) is 4.29. The Morgan fingerprint density at radius 3 is 3.00 bits per heavy atom. The summed E-state index contributed by atoms with van der Waals surface area (Å²) in [6, 6.07) is 0. The molecule has 1 aromatic rings. The SMILES string of the molecule is Cc1cnc(NC(=O)CC(N)=S)s1. The fourth-order valence-electron chi connectivity index (χ4n) is 0.734. The lowest BCUT2D eigenvalue weighted by molar-refractivity contribution is -0.115. The van der Waals surface area contributed by atoms with E-state index in [0.29, 0.717) is 5.13 Å². The quantitative estimate of drug-likeness (QED) is 0.740. The van der Waals surface area contributed by atoms with Crippen LogP contribution in [0.25, 0.3) is 0 Å². The highest BCUT2D eigenvalue weighted by Gasteiger charge is 2.05. The number of amides is 1. The third-order valence-corrected chi connectivity index (χ3v) is 2.17. The summed E-state index contributed by atoms with van der Waals surface area (Å²) in [6.45, 7) is 1.92. The molecule has 4 nitrogen and oxygen atoms in total. The molecule has 0 aromatic carbocycles. The number of nitrogens with zero attached hydrogens (tertiary/aromatic N) is 1. The Bertz CT molecular complexity index is 334. The molecule has 1 aromatic heterocycles. The molecule has 0 radical (unpaired) electrons. The molecule has 0 saturated heterocycles. The number of anilines is 1. The van der Waals surface area contributed by atoms with Crippen molar-refractivity contribution in [2.45, 2.75) is 13.3 Å². The molecule has 0 unspecified atom stereocenters. The van der Waals surface area contributed by atoms with E-state index in [2.05, 4.69) is 22.5 Å². The molecule has 0 bridgehead atoms. The van der Waals surface area contributed by atoms with Gasteiger partial charge in [-0.05, 0) is 6.92 Å². The predicted octanol–water partition coefficient (Wildman–Crippen LogP) is 1.07. The molecule has 0 fully saturated rings. The molecule has 13 heavy (non-hydrogen) atoms. The van der Waals surface area contributed by atoms with Gasteiger partial charge in [-0.15, -0.1) is 11.3 Å². The second-order valence-electron chi connectivity index (χ2n) is 2.47. The van der Waals surface area contributed by atoms with Crippen LogP contribution in [-0.4, -0.2) is 15.9 Å². The summed E-state index contributed by atoms with van der Waals surface area (Å²) in [6.07, 6.45) is 1.76. The van der Waals surface area contributed by atoms with Crippen molar-refractivity contribution < 1.29 is 4.79 Å². The average Bonchev–Trinajstić information content (AvgIpc) is 2.33. The van der Waals surface area contributed by atoms with Crippen molar-refractivity contribution >= 4 is 39.6 Å². The van der Waals surface area contributed by atoms with Gasteiger partial charge >= 0.3 is 0 Å². The zero-order valence-corrected chi connectivity index (χ0v) is 8.67. The molecule has 1 amide bonds. The first kappa shape index (κ1) is 10.1. The molecule has 0 atom stereocenters. The molecule has 0 aliphatic rings. The Hall–Kier alpha value is -1.01. The van der Waals surface area contributed by atoms with E-state index in [9.17, 15) is 4.79 Å². The van der Waals surface area contributed by atoms with Crippen LogP contribution in [0.2, 0.25) is 0 Å². The van der Waals surface area contributed by atoms with Gasteiger partial charge in [0, 0.05) is 11.1 Å². The lowest BCUT2D eigenvalue weighted by Gasteiger charge is -1.98. The molecule has 3 N–H and O–H groups in total. The van der Waals surface area contributed by atoms with Crippen LogP contribution in [0.1, 0.15) is 11.3 Å². The fourth-order valence-corrected chi connectivity index (χ4v) is 1.55. The number of hydrogen-bond donors (Lipinski definition) is 2. The van der Waals surface area contributed by atoms with Gasteiger partial charge in [-0.3, -0.25) is 4.79 Å². The van der Waals surface area contributed by atoms with Gasteiger partial charge in [0.25, 0.3) is 0 Å². The topological polar surface area (TPSA) is 68.0 Å². The number of nitrogens with two attached hydrogens (primary N) is 1. The minimum atomic E-state index is -0.221. The van der Waals surface area contributed by atoms with Gasteiger partial charge in [0.1, 0.15) is 0 Å². The average molecular weight is 215 g/mol. The summed E-state index contributed by atoms with van der Waals surface area (Å²) < 4.78 is 0. The number of thiocarbonyl (C=S) groups is 1. The van der Waals surface area contributed by atoms with Gasteiger partial charge in [0.15, 0.2) is 5.13 Å². The molecule has 0 spiro atoms. The van der Waals surface area contributed by atoms with Gasteiger partial charge in [-0.25, -0.2) is 4.98 Å². The van der Waals surface area contributed by atoms with E-state index in [4.69, 9.17) is 5.73 Å². The van der Waals surface area contributed by atoms with Gasteiger partial charge in [0.05, 0.1) is 11.4 Å². The zero-order chi connectivity index (χ0) is 9.84. The molecule has 0 saturated carbocycles. The summed E-state index contributed by atoms with van der Waals surface area (Å²) in [4.78, 5) is 16.3. The van der Waals surface area contributed by atoms with Crippen molar-refractivity contribution in [3.63, 3.8) is 0 Å². The molecular formula is C7H9N3OS2. The monoisotopic (exact) mass is 215 g/mol. The number of carbonyl (C=O) groups excluding carboxylic acids is 1. The maximum atomic E-state index is 11.1. The highest BCUT2D eigenvalue weighted by atomic mass is 32.1. The third kappa shape index (κ3) is 3.47. The van der Waals surface area contributed by atoms with E-state index in [-0.39, 0.29) is 17.3 Å². The molecule has 6 heteroatoms. The van der Waals surface area contributed by atoms with Crippen molar-refractivity contribution in [3.8, 4) is 0 Å². The number of rotatable bonds is 3. The van der Waals surface area contributed by atoms with Crippen LogP contribution in [0.5, 0.6) is 0 Å². The van der Waals surface area contributed by atoms with Gasteiger partial charge in [-0.2, -0.15) is 0 Å². The Labute approximate surface area is 85.2 Å². The summed E-state index contributed by atoms with van der Waals surface area (Å²) >= 11 is 6.01. The van der Waals surface area contributed by atoms with Crippen LogP contribution < -0.4 is 11.1 Å². The van der Waals surface area contributed by atoms with Crippen molar-refractivity contribution in [2.24, 2.45) is 5.73 Å². The fraction of sp³-hybridized carbons (Fsp3) is 0.286. The summed E-state index contributed by atoms with van der Waals surface area (Å²) in [5, 5.41) is 3.18. The first-order valence-electron chi connectivity index (χ1n) is 3.58. The predicted molar refractivity (Wildman–Crippen MR) is 56.9 cm³/mol. The Morgan fingerprint density at radius 2 is 2.54 bits per heavy atom. The van der Waals surface area contributed by atoms with Crippen LogP contribution >= 0.6 is 23.6 Å². The van der Waals surface area contributed by atoms with E-state index >= 15 is 0 Å². The standard InChI is InChI=1S/C7H9N3OS2/c1-4-3-9-7(13-4)10-6(11)2-5(8)12/h3H,2H2,1H3,(H2,8,12)(H,9,10,11). The summed E-state index contributed by atoms with van der Waals surface area (Å²) in [5.74, 6) is -0.221. The molecule has 1 rings (SSSR count). The van der Waals surface area contributed by atoms with Gasteiger partial charge < -0.3 is 11.1 Å². The Kier molecular flexibility index (Phi) is 3.32. The molecule has 0 aliphatic heterocycles. The van der Waals surface area contributed by atoms with Gasteiger partial charge in [-0.1, -0.05) is 12.2 Å². The number of hydrogen-bond acceptors (Lipinski definition) is 4.